The molecular formula is C15H18N2O4. The van der Waals surface area contributed by atoms with Crippen molar-refractivity contribution in [1.29, 1.82) is 0 Å². The van der Waals surface area contributed by atoms with Gasteiger partial charge in [-0.3, -0.25) is 14.4 Å². The fraction of sp³-hybridized carbons (Fsp3) is 0.400. The van der Waals surface area contributed by atoms with Gasteiger partial charge in [0, 0.05) is 11.3 Å². The highest BCUT2D eigenvalue weighted by Gasteiger charge is 2.49. The van der Waals surface area contributed by atoms with Crippen LogP contribution in [0.5, 0.6) is 0 Å². The molecule has 0 heterocycles. The summed E-state index contributed by atoms with van der Waals surface area (Å²) in [4.78, 5) is 34.8. The van der Waals surface area contributed by atoms with E-state index in [1.807, 2.05) is 6.92 Å². The first kappa shape index (κ1) is 15.0. The molecule has 3 N–H and O–H groups in total. The summed E-state index contributed by atoms with van der Waals surface area (Å²) in [5, 5.41) is 2.74. The van der Waals surface area contributed by atoms with Crippen molar-refractivity contribution >= 4 is 23.5 Å². The van der Waals surface area contributed by atoms with E-state index >= 15 is 0 Å². The molecule has 0 bridgehead atoms. The molecule has 1 aliphatic rings. The smallest absolute Gasteiger partial charge is 0.309 e. The van der Waals surface area contributed by atoms with Crippen molar-refractivity contribution in [3.63, 3.8) is 0 Å². The summed E-state index contributed by atoms with van der Waals surface area (Å²) in [6.45, 7) is 3.85. The molecule has 0 radical (unpaired) electrons. The summed E-state index contributed by atoms with van der Waals surface area (Å²) in [6, 6.07) is 4.86. The number of nitrogens with one attached hydrogen (secondary N) is 1. The molecule has 0 saturated heterocycles. The van der Waals surface area contributed by atoms with Gasteiger partial charge >= 0.3 is 5.97 Å². The fourth-order valence-corrected chi connectivity index (χ4v) is 2.13. The first-order valence-electron chi connectivity index (χ1n) is 6.82. The summed E-state index contributed by atoms with van der Waals surface area (Å²) in [5.74, 6) is -1.84. The SMILES string of the molecule is CCOC(=O)C1CC1C(=O)Nc1cc(C(N)=O)ccc1C. The van der Waals surface area contributed by atoms with Gasteiger partial charge in [0.05, 0.1) is 18.4 Å². The molecule has 21 heavy (non-hydrogen) atoms. The van der Waals surface area contributed by atoms with Crippen LogP contribution in [0.4, 0.5) is 5.69 Å². The van der Waals surface area contributed by atoms with E-state index < -0.39 is 5.91 Å². The topological polar surface area (TPSA) is 98.5 Å². The molecule has 1 fully saturated rings. The van der Waals surface area contributed by atoms with Crippen LogP contribution in [0.25, 0.3) is 0 Å². The van der Waals surface area contributed by atoms with Crippen molar-refractivity contribution in [2.24, 2.45) is 17.6 Å². The second-order valence-corrected chi connectivity index (χ2v) is 5.08. The van der Waals surface area contributed by atoms with Gasteiger partial charge in [-0.2, -0.15) is 0 Å². The van der Waals surface area contributed by atoms with Crippen molar-refractivity contribution in [2.75, 3.05) is 11.9 Å². The zero-order chi connectivity index (χ0) is 15.6. The van der Waals surface area contributed by atoms with E-state index in [1.54, 1.807) is 19.1 Å². The van der Waals surface area contributed by atoms with Crippen LogP contribution in [0.3, 0.4) is 0 Å². The molecule has 1 saturated carbocycles. The highest BCUT2D eigenvalue weighted by Crippen LogP contribution is 2.40. The summed E-state index contributed by atoms with van der Waals surface area (Å²) in [7, 11) is 0. The van der Waals surface area contributed by atoms with E-state index in [0.717, 1.165) is 5.56 Å². The monoisotopic (exact) mass is 290 g/mol. The number of carbonyl (C=O) groups is 3. The van der Waals surface area contributed by atoms with E-state index in [-0.39, 0.29) is 23.7 Å². The molecule has 2 atom stereocenters. The number of amides is 2. The molecule has 1 aromatic carbocycles. The second kappa shape index (κ2) is 5.95. The van der Waals surface area contributed by atoms with Crippen LogP contribution in [-0.2, 0) is 14.3 Å². The Morgan fingerprint density at radius 2 is 2.05 bits per heavy atom. The maximum absolute atomic E-state index is 12.1. The van der Waals surface area contributed by atoms with Gasteiger partial charge in [0.25, 0.3) is 0 Å². The lowest BCUT2D eigenvalue weighted by Crippen LogP contribution is -2.19. The van der Waals surface area contributed by atoms with Crippen LogP contribution in [0.1, 0.15) is 29.3 Å². The van der Waals surface area contributed by atoms with Gasteiger partial charge in [-0.25, -0.2) is 0 Å². The lowest BCUT2D eigenvalue weighted by atomic mass is 10.1. The largest absolute Gasteiger partial charge is 0.466 e. The van der Waals surface area contributed by atoms with Crippen molar-refractivity contribution in [2.45, 2.75) is 20.3 Å². The number of anilines is 1. The predicted molar refractivity (Wildman–Crippen MR) is 76.6 cm³/mol. The third-order valence-corrected chi connectivity index (χ3v) is 3.50. The number of ether oxygens (including phenoxy) is 1. The molecule has 6 heteroatoms. The molecule has 6 nitrogen and oxygen atoms in total. The predicted octanol–water partition coefficient (Wildman–Crippen LogP) is 1.23. The Morgan fingerprint density at radius 1 is 1.33 bits per heavy atom. The lowest BCUT2D eigenvalue weighted by Gasteiger charge is -2.09. The van der Waals surface area contributed by atoms with Crippen LogP contribution >= 0.6 is 0 Å². The fourth-order valence-electron chi connectivity index (χ4n) is 2.13. The minimum Gasteiger partial charge on any atom is -0.466 e. The molecular weight excluding hydrogens is 272 g/mol. The van der Waals surface area contributed by atoms with E-state index in [2.05, 4.69) is 5.32 Å². The number of benzene rings is 1. The van der Waals surface area contributed by atoms with Gasteiger partial charge in [0.1, 0.15) is 0 Å². The van der Waals surface area contributed by atoms with Gasteiger partial charge in [-0.05, 0) is 38.0 Å². The third-order valence-electron chi connectivity index (χ3n) is 3.50. The first-order chi connectivity index (χ1) is 9.93. The van der Waals surface area contributed by atoms with Crippen LogP contribution in [0, 0.1) is 18.8 Å². The third kappa shape index (κ3) is 3.39. The molecule has 0 aromatic heterocycles. The van der Waals surface area contributed by atoms with Gasteiger partial charge in [-0.1, -0.05) is 6.07 Å². The number of aryl methyl sites for hydroxylation is 1. The summed E-state index contributed by atoms with van der Waals surface area (Å²) in [5.41, 5.74) is 6.90. The van der Waals surface area contributed by atoms with Crippen molar-refractivity contribution in [1.82, 2.24) is 0 Å². The summed E-state index contributed by atoms with van der Waals surface area (Å²) < 4.78 is 4.89. The molecule has 2 unspecified atom stereocenters. The summed E-state index contributed by atoms with van der Waals surface area (Å²) in [6.07, 6.45) is 0.499. The highest BCUT2D eigenvalue weighted by atomic mass is 16.5. The Kier molecular flexibility index (Phi) is 4.26. The summed E-state index contributed by atoms with van der Waals surface area (Å²) >= 11 is 0. The van der Waals surface area contributed by atoms with E-state index in [1.165, 1.54) is 6.07 Å². The van der Waals surface area contributed by atoms with E-state index in [4.69, 9.17) is 10.5 Å². The van der Waals surface area contributed by atoms with Gasteiger partial charge in [0.2, 0.25) is 11.8 Å². The number of nitrogens with two attached hydrogens (primary N) is 1. The van der Waals surface area contributed by atoms with Gasteiger partial charge < -0.3 is 15.8 Å². The van der Waals surface area contributed by atoms with Crippen LogP contribution in [0.15, 0.2) is 18.2 Å². The second-order valence-electron chi connectivity index (χ2n) is 5.08. The van der Waals surface area contributed by atoms with Crippen LogP contribution in [-0.4, -0.2) is 24.4 Å². The minimum absolute atomic E-state index is 0.238. The van der Waals surface area contributed by atoms with Crippen LogP contribution < -0.4 is 11.1 Å². The first-order valence-corrected chi connectivity index (χ1v) is 6.82. The molecule has 1 aliphatic carbocycles. The van der Waals surface area contributed by atoms with Crippen molar-refractivity contribution in [3.05, 3.63) is 29.3 Å². The van der Waals surface area contributed by atoms with Crippen LogP contribution in [0.2, 0.25) is 0 Å². The Hall–Kier alpha value is -2.37. The zero-order valence-electron chi connectivity index (χ0n) is 12.0. The van der Waals surface area contributed by atoms with Crippen molar-refractivity contribution < 1.29 is 19.1 Å². The molecule has 112 valence electrons. The maximum atomic E-state index is 12.1. The zero-order valence-corrected chi connectivity index (χ0v) is 12.0. The maximum Gasteiger partial charge on any atom is 0.309 e. The van der Waals surface area contributed by atoms with Crippen molar-refractivity contribution in [3.8, 4) is 0 Å². The van der Waals surface area contributed by atoms with Gasteiger partial charge in [-0.15, -0.1) is 0 Å². The Labute approximate surface area is 122 Å². The Bertz CT molecular complexity index is 597. The average molecular weight is 290 g/mol. The number of primary amides is 1. The average Bonchev–Trinajstić information content (AvgIpc) is 3.21. The van der Waals surface area contributed by atoms with E-state index in [0.29, 0.717) is 24.3 Å². The number of esters is 1. The Balaban J connectivity index is 2.03. The highest BCUT2D eigenvalue weighted by molar-refractivity contribution is 6.00. The normalized spacial score (nSPS) is 19.7. The quantitative estimate of drug-likeness (QED) is 0.797. The number of hydrogen-bond acceptors (Lipinski definition) is 4. The minimum atomic E-state index is -0.554. The molecule has 0 spiro atoms. The molecule has 2 amide bonds. The number of rotatable bonds is 5. The van der Waals surface area contributed by atoms with E-state index in [9.17, 15) is 14.4 Å². The van der Waals surface area contributed by atoms with Gasteiger partial charge in [0.15, 0.2) is 0 Å². The molecule has 0 aliphatic heterocycles. The number of hydrogen-bond donors (Lipinski definition) is 2. The lowest BCUT2D eigenvalue weighted by molar-refractivity contribution is -0.145. The molecule has 1 aromatic rings. The standard InChI is InChI=1S/C15H18N2O4/c1-3-21-15(20)11-7-10(11)14(19)17-12-6-9(13(16)18)5-4-8(12)2/h4-6,10-11H,3,7H2,1-2H3,(H2,16,18)(H,17,19). The molecule has 2 rings (SSSR count). The Morgan fingerprint density at radius 3 is 2.67 bits per heavy atom. The number of carbonyl (C=O) groups excluding carboxylic acids is 3.